The van der Waals surface area contributed by atoms with Crippen LogP contribution in [-0.4, -0.2) is 13.3 Å². The predicted molar refractivity (Wildman–Crippen MR) is 54.6 cm³/mol. The summed E-state index contributed by atoms with van der Waals surface area (Å²) in [7, 11) is 1.64. The van der Waals surface area contributed by atoms with Gasteiger partial charge < -0.3 is 4.74 Å². The lowest BCUT2D eigenvalue weighted by Gasteiger charge is -1.97. The molecule has 0 unspecified atom stereocenters. The number of benzene rings is 1. The van der Waals surface area contributed by atoms with E-state index in [1.807, 2.05) is 24.3 Å². The van der Waals surface area contributed by atoms with Crippen molar-refractivity contribution in [1.29, 1.82) is 0 Å². The first-order chi connectivity index (χ1) is 6.36. The van der Waals surface area contributed by atoms with Gasteiger partial charge in [-0.05, 0) is 31.2 Å². The average Bonchev–Trinajstić information content (AvgIpc) is 2.19. The Morgan fingerprint density at radius 3 is 2.54 bits per heavy atom. The van der Waals surface area contributed by atoms with E-state index in [1.54, 1.807) is 20.2 Å². The molecule has 0 atom stereocenters. The molecule has 66 valence electrons. The SMILES string of the molecule is CC#C/C=N/c1ccc(OC)cc1. The molecule has 0 amide bonds. The van der Waals surface area contributed by atoms with E-state index < -0.39 is 0 Å². The second kappa shape index (κ2) is 5.00. The average molecular weight is 173 g/mol. The second-order valence-electron chi connectivity index (χ2n) is 2.35. The number of hydrogen-bond donors (Lipinski definition) is 0. The highest BCUT2D eigenvalue weighted by molar-refractivity contribution is 5.80. The van der Waals surface area contributed by atoms with Crippen LogP contribution in [-0.2, 0) is 0 Å². The molecule has 0 aliphatic heterocycles. The van der Waals surface area contributed by atoms with Crippen molar-refractivity contribution >= 4 is 11.9 Å². The van der Waals surface area contributed by atoms with Gasteiger partial charge in [-0.15, -0.1) is 5.92 Å². The summed E-state index contributed by atoms with van der Waals surface area (Å²) in [4.78, 5) is 4.12. The van der Waals surface area contributed by atoms with E-state index in [-0.39, 0.29) is 0 Å². The fourth-order valence-corrected chi connectivity index (χ4v) is 0.840. The quantitative estimate of drug-likeness (QED) is 0.497. The van der Waals surface area contributed by atoms with Crippen LogP contribution in [0, 0.1) is 11.8 Å². The lowest BCUT2D eigenvalue weighted by molar-refractivity contribution is 0.415. The third kappa shape index (κ3) is 3.00. The minimum Gasteiger partial charge on any atom is -0.497 e. The molecule has 0 aliphatic carbocycles. The molecule has 2 nitrogen and oxygen atoms in total. The van der Waals surface area contributed by atoms with Crippen LogP contribution in [0.4, 0.5) is 5.69 Å². The number of nitrogens with zero attached hydrogens (tertiary/aromatic N) is 1. The van der Waals surface area contributed by atoms with Gasteiger partial charge in [0.25, 0.3) is 0 Å². The van der Waals surface area contributed by atoms with Crippen molar-refractivity contribution in [2.45, 2.75) is 6.92 Å². The molecule has 0 N–H and O–H groups in total. The van der Waals surface area contributed by atoms with Crippen molar-refractivity contribution in [2.24, 2.45) is 4.99 Å². The molecule has 0 bridgehead atoms. The largest absolute Gasteiger partial charge is 0.497 e. The Labute approximate surface area is 78.3 Å². The molecular weight excluding hydrogens is 162 g/mol. The van der Waals surface area contributed by atoms with E-state index >= 15 is 0 Å². The first kappa shape index (κ1) is 9.34. The summed E-state index contributed by atoms with van der Waals surface area (Å²) in [6.45, 7) is 1.78. The van der Waals surface area contributed by atoms with Crippen molar-refractivity contribution in [2.75, 3.05) is 7.11 Å². The molecule has 0 heterocycles. The van der Waals surface area contributed by atoms with Crippen molar-refractivity contribution in [1.82, 2.24) is 0 Å². The van der Waals surface area contributed by atoms with Gasteiger partial charge in [-0.2, -0.15) is 0 Å². The summed E-state index contributed by atoms with van der Waals surface area (Å²) in [6, 6.07) is 7.50. The Kier molecular flexibility index (Phi) is 3.59. The number of hydrogen-bond acceptors (Lipinski definition) is 2. The number of aliphatic imine (C=N–C) groups is 1. The van der Waals surface area contributed by atoms with Crippen LogP contribution in [0.15, 0.2) is 29.3 Å². The lowest BCUT2D eigenvalue weighted by atomic mass is 10.3. The van der Waals surface area contributed by atoms with E-state index in [0.717, 1.165) is 11.4 Å². The summed E-state index contributed by atoms with van der Waals surface area (Å²) in [6.07, 6.45) is 1.59. The Hall–Kier alpha value is -1.75. The maximum absolute atomic E-state index is 5.01. The molecule has 2 heteroatoms. The fourth-order valence-electron chi connectivity index (χ4n) is 0.840. The summed E-state index contributed by atoms with van der Waals surface area (Å²) in [5.74, 6) is 6.32. The van der Waals surface area contributed by atoms with Crippen molar-refractivity contribution in [3.05, 3.63) is 24.3 Å². The van der Waals surface area contributed by atoms with Crippen molar-refractivity contribution in [3.63, 3.8) is 0 Å². The molecule has 0 spiro atoms. The minimum absolute atomic E-state index is 0.834. The maximum Gasteiger partial charge on any atom is 0.119 e. The van der Waals surface area contributed by atoms with E-state index in [0.29, 0.717) is 0 Å². The molecule has 13 heavy (non-hydrogen) atoms. The Morgan fingerprint density at radius 2 is 2.00 bits per heavy atom. The second-order valence-corrected chi connectivity index (χ2v) is 2.35. The Bertz CT molecular complexity index is 341. The zero-order valence-corrected chi connectivity index (χ0v) is 7.74. The van der Waals surface area contributed by atoms with Crippen LogP contribution in [0.2, 0.25) is 0 Å². The summed E-state index contributed by atoms with van der Waals surface area (Å²) in [5, 5.41) is 0. The highest BCUT2D eigenvalue weighted by Crippen LogP contribution is 2.16. The van der Waals surface area contributed by atoms with Gasteiger partial charge in [0.05, 0.1) is 19.0 Å². The maximum atomic E-state index is 5.01. The third-order valence-electron chi connectivity index (χ3n) is 1.49. The first-order valence-corrected chi connectivity index (χ1v) is 3.95. The van der Waals surface area contributed by atoms with Gasteiger partial charge in [-0.3, -0.25) is 0 Å². The Morgan fingerprint density at radius 1 is 1.31 bits per heavy atom. The predicted octanol–water partition coefficient (Wildman–Crippen LogP) is 2.42. The molecule has 1 aromatic carbocycles. The van der Waals surface area contributed by atoms with E-state index in [9.17, 15) is 0 Å². The highest BCUT2D eigenvalue weighted by Gasteiger charge is 1.89. The molecule has 1 aromatic rings. The van der Waals surface area contributed by atoms with Crippen molar-refractivity contribution in [3.8, 4) is 17.6 Å². The number of rotatable bonds is 2. The Balaban J connectivity index is 2.73. The molecule has 0 aromatic heterocycles. The fraction of sp³-hybridized carbons (Fsp3) is 0.182. The number of ether oxygens (including phenoxy) is 1. The summed E-state index contributed by atoms with van der Waals surface area (Å²) < 4.78 is 5.01. The smallest absolute Gasteiger partial charge is 0.119 e. The summed E-state index contributed by atoms with van der Waals surface area (Å²) in [5.41, 5.74) is 0.878. The highest BCUT2D eigenvalue weighted by atomic mass is 16.5. The summed E-state index contributed by atoms with van der Waals surface area (Å²) >= 11 is 0. The van der Waals surface area contributed by atoms with E-state index in [2.05, 4.69) is 16.8 Å². The normalized spacial score (nSPS) is 9.38. The molecule has 0 aliphatic rings. The molecule has 0 fully saturated rings. The molecule has 0 saturated carbocycles. The van der Waals surface area contributed by atoms with Gasteiger partial charge in [0, 0.05) is 0 Å². The van der Waals surface area contributed by atoms with Gasteiger partial charge in [-0.1, -0.05) is 5.92 Å². The zero-order chi connectivity index (χ0) is 9.52. The molecular formula is C11H11NO. The standard InChI is InChI=1S/C11H11NO/c1-3-4-9-12-10-5-7-11(13-2)8-6-10/h5-9H,1-2H3/b12-9+. The monoisotopic (exact) mass is 173 g/mol. The number of methoxy groups -OCH3 is 1. The van der Waals surface area contributed by atoms with E-state index in [1.165, 1.54) is 0 Å². The third-order valence-corrected chi connectivity index (χ3v) is 1.49. The minimum atomic E-state index is 0.834. The first-order valence-electron chi connectivity index (χ1n) is 3.95. The topological polar surface area (TPSA) is 21.6 Å². The van der Waals surface area contributed by atoms with Crippen LogP contribution in [0.3, 0.4) is 0 Å². The van der Waals surface area contributed by atoms with Crippen LogP contribution >= 0.6 is 0 Å². The van der Waals surface area contributed by atoms with Crippen LogP contribution in [0.1, 0.15) is 6.92 Å². The molecule has 0 saturated heterocycles. The lowest BCUT2D eigenvalue weighted by Crippen LogP contribution is -1.79. The zero-order valence-electron chi connectivity index (χ0n) is 7.74. The van der Waals surface area contributed by atoms with E-state index in [4.69, 9.17) is 4.74 Å². The molecule has 0 radical (unpaired) electrons. The van der Waals surface area contributed by atoms with Crippen LogP contribution in [0.5, 0.6) is 5.75 Å². The van der Waals surface area contributed by atoms with Crippen molar-refractivity contribution < 1.29 is 4.74 Å². The van der Waals surface area contributed by atoms with Gasteiger partial charge in [0.1, 0.15) is 5.75 Å². The van der Waals surface area contributed by atoms with Gasteiger partial charge in [0.15, 0.2) is 0 Å². The van der Waals surface area contributed by atoms with Gasteiger partial charge in [0.2, 0.25) is 0 Å². The van der Waals surface area contributed by atoms with Crippen LogP contribution < -0.4 is 4.74 Å². The van der Waals surface area contributed by atoms with Gasteiger partial charge in [-0.25, -0.2) is 4.99 Å². The molecule has 1 rings (SSSR count). The van der Waals surface area contributed by atoms with Gasteiger partial charge >= 0.3 is 0 Å². The van der Waals surface area contributed by atoms with Crippen LogP contribution in [0.25, 0.3) is 0 Å².